The summed E-state index contributed by atoms with van der Waals surface area (Å²) in [4.78, 5) is 35.6. The standard InChI is InChI=1S/C22H33N5O2/c1-15(28)23-11-20-18-9-17(19-5-4-6-22(29)27(19)20)13-26(14-18)12-16-7-8-21(24-10-16)25(2)3/h7-8,10,17-20H,4-6,9,11-14H2,1-3H3,(H,23,28)/t17-,18+,19+,20+/m1/s1. The normalized spacial score (nSPS) is 29.3. The molecule has 0 unspecified atom stereocenters. The summed E-state index contributed by atoms with van der Waals surface area (Å²) >= 11 is 0. The maximum atomic E-state index is 12.8. The number of piperidine rings is 3. The van der Waals surface area contributed by atoms with Crippen molar-refractivity contribution >= 4 is 17.6 Å². The third kappa shape index (κ3) is 4.25. The Labute approximate surface area is 173 Å². The highest BCUT2D eigenvalue weighted by Crippen LogP contribution is 2.41. The van der Waals surface area contributed by atoms with Gasteiger partial charge in [-0.05, 0) is 42.7 Å². The van der Waals surface area contributed by atoms with Gasteiger partial charge in [-0.1, -0.05) is 6.07 Å². The molecule has 7 nitrogen and oxygen atoms in total. The Hall–Kier alpha value is -2.15. The summed E-state index contributed by atoms with van der Waals surface area (Å²) in [5.74, 6) is 2.17. The van der Waals surface area contributed by atoms with Crippen LogP contribution in [-0.4, -0.2) is 72.4 Å². The fraction of sp³-hybridized carbons (Fsp3) is 0.682. The first kappa shape index (κ1) is 20.1. The van der Waals surface area contributed by atoms with Gasteiger partial charge in [0.15, 0.2) is 0 Å². The van der Waals surface area contributed by atoms with Crippen molar-refractivity contribution in [1.82, 2.24) is 20.1 Å². The second-order valence-electron chi connectivity index (χ2n) is 9.13. The lowest BCUT2D eigenvalue weighted by Crippen LogP contribution is -2.66. The number of pyridine rings is 1. The second-order valence-corrected chi connectivity index (χ2v) is 9.13. The Balaban J connectivity index is 1.50. The molecule has 4 heterocycles. The molecule has 0 saturated carbocycles. The SMILES string of the molecule is CC(=O)NC[C@H]1[C@H]2C[C@H](CN(Cc3ccc(N(C)C)nc3)C2)[C@@H]2CCCC(=O)N21. The van der Waals surface area contributed by atoms with E-state index in [-0.39, 0.29) is 17.9 Å². The number of carbonyl (C=O) groups excluding carboxylic acids is 2. The number of rotatable bonds is 5. The van der Waals surface area contributed by atoms with Gasteiger partial charge in [0.25, 0.3) is 0 Å². The molecule has 29 heavy (non-hydrogen) atoms. The van der Waals surface area contributed by atoms with Crippen molar-refractivity contribution in [2.24, 2.45) is 11.8 Å². The van der Waals surface area contributed by atoms with Gasteiger partial charge in [-0.15, -0.1) is 0 Å². The lowest BCUT2D eigenvalue weighted by atomic mass is 9.72. The number of amides is 2. The van der Waals surface area contributed by atoms with E-state index in [1.165, 1.54) is 5.56 Å². The number of likely N-dealkylation sites (tertiary alicyclic amines) is 1. The number of carbonyl (C=O) groups is 2. The predicted octanol–water partition coefficient (Wildman–Crippen LogP) is 1.49. The van der Waals surface area contributed by atoms with E-state index in [1.54, 1.807) is 6.92 Å². The summed E-state index contributed by atoms with van der Waals surface area (Å²) in [5.41, 5.74) is 1.23. The first-order chi connectivity index (χ1) is 13.9. The molecule has 3 aliphatic heterocycles. The average molecular weight is 400 g/mol. The van der Waals surface area contributed by atoms with E-state index in [4.69, 9.17) is 0 Å². The van der Waals surface area contributed by atoms with Crippen LogP contribution < -0.4 is 10.2 Å². The van der Waals surface area contributed by atoms with E-state index in [0.29, 0.717) is 30.8 Å². The van der Waals surface area contributed by atoms with Crippen molar-refractivity contribution in [3.05, 3.63) is 23.9 Å². The van der Waals surface area contributed by atoms with Crippen LogP contribution in [-0.2, 0) is 16.1 Å². The van der Waals surface area contributed by atoms with Crippen LogP contribution in [0.2, 0.25) is 0 Å². The van der Waals surface area contributed by atoms with Crippen LogP contribution in [0.5, 0.6) is 0 Å². The average Bonchev–Trinajstić information content (AvgIpc) is 2.68. The van der Waals surface area contributed by atoms with Crippen LogP contribution >= 0.6 is 0 Å². The number of fused-ring (bicyclic) bond motifs is 4. The van der Waals surface area contributed by atoms with Crippen molar-refractivity contribution < 1.29 is 9.59 Å². The third-order valence-corrected chi connectivity index (χ3v) is 6.81. The molecule has 0 spiro atoms. The number of anilines is 1. The van der Waals surface area contributed by atoms with Crippen molar-refractivity contribution in [1.29, 1.82) is 0 Å². The molecule has 1 aromatic heterocycles. The third-order valence-electron chi connectivity index (χ3n) is 6.81. The highest BCUT2D eigenvalue weighted by atomic mass is 16.2. The second kappa shape index (κ2) is 8.30. The first-order valence-corrected chi connectivity index (χ1v) is 10.8. The number of hydrogen-bond acceptors (Lipinski definition) is 5. The van der Waals surface area contributed by atoms with Gasteiger partial charge < -0.3 is 15.1 Å². The molecule has 1 N–H and O–H groups in total. The molecule has 7 heteroatoms. The van der Waals surface area contributed by atoms with Gasteiger partial charge in [0.05, 0.1) is 6.04 Å². The van der Waals surface area contributed by atoms with Gasteiger partial charge in [-0.3, -0.25) is 14.5 Å². The highest BCUT2D eigenvalue weighted by molar-refractivity contribution is 5.78. The molecular formula is C22H33N5O2. The van der Waals surface area contributed by atoms with Gasteiger partial charge in [-0.2, -0.15) is 0 Å². The predicted molar refractivity (Wildman–Crippen MR) is 112 cm³/mol. The van der Waals surface area contributed by atoms with Crippen LogP contribution in [0.15, 0.2) is 18.3 Å². The quantitative estimate of drug-likeness (QED) is 0.812. The van der Waals surface area contributed by atoms with Gasteiger partial charge in [0.1, 0.15) is 5.82 Å². The number of aromatic nitrogens is 1. The number of nitrogens with one attached hydrogen (secondary N) is 1. The van der Waals surface area contributed by atoms with E-state index < -0.39 is 0 Å². The van der Waals surface area contributed by atoms with E-state index >= 15 is 0 Å². The number of hydrogen-bond donors (Lipinski definition) is 1. The zero-order valence-corrected chi connectivity index (χ0v) is 17.8. The van der Waals surface area contributed by atoms with E-state index in [9.17, 15) is 9.59 Å². The molecule has 1 aromatic rings. The minimum Gasteiger partial charge on any atom is -0.363 e. The lowest BCUT2D eigenvalue weighted by molar-refractivity contribution is -0.153. The Morgan fingerprint density at radius 2 is 2.07 bits per heavy atom. The Bertz CT molecular complexity index is 750. The van der Waals surface area contributed by atoms with E-state index in [2.05, 4.69) is 32.2 Å². The summed E-state index contributed by atoms with van der Waals surface area (Å²) in [6.45, 7) is 5.02. The molecule has 2 amide bonds. The van der Waals surface area contributed by atoms with Crippen molar-refractivity contribution in [2.45, 2.75) is 51.2 Å². The van der Waals surface area contributed by atoms with E-state index in [1.807, 2.05) is 25.2 Å². The number of nitrogens with zero attached hydrogens (tertiary/aromatic N) is 4. The molecule has 3 saturated heterocycles. The summed E-state index contributed by atoms with van der Waals surface area (Å²) in [7, 11) is 4.00. The molecular weight excluding hydrogens is 366 g/mol. The zero-order chi connectivity index (χ0) is 20.5. The largest absolute Gasteiger partial charge is 0.363 e. The Morgan fingerprint density at radius 3 is 2.76 bits per heavy atom. The molecule has 2 bridgehead atoms. The van der Waals surface area contributed by atoms with Crippen LogP contribution in [0.25, 0.3) is 0 Å². The summed E-state index contributed by atoms with van der Waals surface area (Å²) in [5, 5.41) is 2.99. The molecule has 158 valence electrons. The van der Waals surface area contributed by atoms with Crippen LogP contribution in [0, 0.1) is 11.8 Å². The molecule has 4 rings (SSSR count). The van der Waals surface area contributed by atoms with Crippen LogP contribution in [0.1, 0.15) is 38.2 Å². The molecule has 4 atom stereocenters. The molecule has 3 fully saturated rings. The summed E-state index contributed by atoms with van der Waals surface area (Å²) in [6, 6.07) is 4.67. The smallest absolute Gasteiger partial charge is 0.223 e. The topological polar surface area (TPSA) is 68.8 Å². The molecule has 0 aromatic carbocycles. The van der Waals surface area contributed by atoms with Crippen molar-refractivity contribution in [2.75, 3.05) is 38.6 Å². The van der Waals surface area contributed by atoms with Crippen molar-refractivity contribution in [3.8, 4) is 0 Å². The minimum absolute atomic E-state index is 0.0205. The maximum Gasteiger partial charge on any atom is 0.223 e. The van der Waals surface area contributed by atoms with Gasteiger partial charge in [0, 0.05) is 65.9 Å². The monoisotopic (exact) mass is 399 g/mol. The highest BCUT2D eigenvalue weighted by Gasteiger charge is 2.49. The maximum absolute atomic E-state index is 12.8. The minimum atomic E-state index is -0.0205. The van der Waals surface area contributed by atoms with Gasteiger partial charge in [0.2, 0.25) is 11.8 Å². The lowest BCUT2D eigenvalue weighted by Gasteiger charge is -2.56. The zero-order valence-electron chi connectivity index (χ0n) is 17.8. The molecule has 0 aliphatic carbocycles. The Morgan fingerprint density at radius 1 is 1.28 bits per heavy atom. The van der Waals surface area contributed by atoms with Gasteiger partial charge >= 0.3 is 0 Å². The van der Waals surface area contributed by atoms with Crippen LogP contribution in [0.3, 0.4) is 0 Å². The van der Waals surface area contributed by atoms with Gasteiger partial charge in [-0.25, -0.2) is 4.98 Å². The molecule has 3 aliphatic rings. The summed E-state index contributed by atoms with van der Waals surface area (Å²) in [6.07, 6.45) is 5.87. The Kier molecular flexibility index (Phi) is 5.76. The van der Waals surface area contributed by atoms with Crippen LogP contribution in [0.4, 0.5) is 5.82 Å². The fourth-order valence-electron chi connectivity index (χ4n) is 5.55. The van der Waals surface area contributed by atoms with E-state index in [0.717, 1.165) is 44.7 Å². The first-order valence-electron chi connectivity index (χ1n) is 10.8. The fourth-order valence-corrected chi connectivity index (χ4v) is 5.55. The van der Waals surface area contributed by atoms with Crippen molar-refractivity contribution in [3.63, 3.8) is 0 Å². The summed E-state index contributed by atoms with van der Waals surface area (Å²) < 4.78 is 0. The molecule has 0 radical (unpaired) electrons.